The number of hydrogen-bond donors (Lipinski definition) is 0. The summed E-state index contributed by atoms with van der Waals surface area (Å²) in [5.74, 6) is 2.44. The highest BCUT2D eigenvalue weighted by molar-refractivity contribution is 5.58. The molecule has 6 nitrogen and oxygen atoms in total. The van der Waals surface area contributed by atoms with Crippen LogP contribution in [0, 0.1) is 64.1 Å². The minimum atomic E-state index is -0.325. The van der Waals surface area contributed by atoms with E-state index in [0.717, 1.165) is 33.4 Å². The van der Waals surface area contributed by atoms with Gasteiger partial charge in [-0.15, -0.1) is 0 Å². The summed E-state index contributed by atoms with van der Waals surface area (Å²) in [4.78, 5) is 0. The van der Waals surface area contributed by atoms with Crippen LogP contribution in [0.4, 0.5) is 0 Å². The van der Waals surface area contributed by atoms with Crippen LogP contribution in [-0.4, -0.2) is 0 Å². The first-order valence-corrected chi connectivity index (χ1v) is 13.4. The Hall–Kier alpha value is -4.94. The molecule has 0 unspecified atom stereocenters. The average molecular weight is 547 g/mol. The Morgan fingerprint density at radius 3 is 1.22 bits per heavy atom. The molecule has 0 fully saturated rings. The van der Waals surface area contributed by atoms with Gasteiger partial charge in [-0.2, -0.15) is 0 Å². The highest BCUT2D eigenvalue weighted by atomic mass is 16.5. The Bertz CT molecular complexity index is 1590. The summed E-state index contributed by atoms with van der Waals surface area (Å²) in [6.07, 6.45) is 0. The first-order valence-electron chi connectivity index (χ1n) is 13.4. The lowest BCUT2D eigenvalue weighted by Gasteiger charge is -2.33. The topological polar surface area (TPSA) is 73.3 Å². The third kappa shape index (κ3) is 5.83. The summed E-state index contributed by atoms with van der Waals surface area (Å²) >= 11 is 0. The van der Waals surface area contributed by atoms with Crippen LogP contribution >= 0.6 is 0 Å². The number of nitrogens with zero attached hydrogens (tertiary/aromatic N) is 2. The minimum absolute atomic E-state index is 0.325. The highest BCUT2D eigenvalue weighted by Gasteiger charge is 2.31. The lowest BCUT2D eigenvalue weighted by molar-refractivity contribution is 0.477. The number of hydrogen-bond acceptors (Lipinski definition) is 4. The fraction of sp³-hybridized carbons (Fsp3) is 0.257. The minimum Gasteiger partial charge on any atom is -0.498 e. The molecule has 0 aromatic heterocycles. The van der Waals surface area contributed by atoms with Crippen molar-refractivity contribution < 1.29 is 9.47 Å². The Morgan fingerprint density at radius 2 is 0.902 bits per heavy atom. The van der Waals surface area contributed by atoms with Gasteiger partial charge in [0.25, 0.3) is 0 Å². The van der Waals surface area contributed by atoms with Gasteiger partial charge in [0.15, 0.2) is 0 Å². The van der Waals surface area contributed by atoms with Crippen molar-refractivity contribution in [2.75, 3.05) is 0 Å². The number of rotatable bonds is 6. The standard InChI is InChI=1S/C35H34N2O4/c1-21-11-9-13-31(29(21)19-36-38)40-27-15-23(3)33(24(4)16-27)35(7,8)34-25(5)17-28(18-26(34)6)41-32-14-10-12-22(2)30(32)20-37-39/h9-18H,1-8H3. The predicted molar refractivity (Wildman–Crippen MR) is 166 cm³/mol. The fourth-order valence-corrected chi connectivity index (χ4v) is 6.15. The van der Waals surface area contributed by atoms with Crippen molar-refractivity contribution in [3.63, 3.8) is 0 Å². The van der Waals surface area contributed by atoms with Gasteiger partial charge in [0, 0.05) is 15.4 Å². The van der Waals surface area contributed by atoms with Crippen LogP contribution in [0.2, 0.25) is 0 Å². The molecule has 41 heavy (non-hydrogen) atoms. The van der Waals surface area contributed by atoms with Gasteiger partial charge < -0.3 is 19.9 Å². The molecule has 4 aromatic rings. The van der Waals surface area contributed by atoms with E-state index in [1.807, 2.05) is 74.5 Å². The Kier molecular flexibility index (Phi) is 8.26. The van der Waals surface area contributed by atoms with E-state index in [1.54, 1.807) is 0 Å². The smallest absolute Gasteiger partial charge is 0.340 e. The molecule has 0 radical (unpaired) electrons. The molecule has 0 bridgehead atoms. The van der Waals surface area contributed by atoms with Crippen LogP contribution in [0.15, 0.2) is 60.7 Å². The third-order valence-corrected chi connectivity index (χ3v) is 7.50. The van der Waals surface area contributed by atoms with Crippen molar-refractivity contribution in [1.29, 1.82) is 0 Å². The van der Waals surface area contributed by atoms with Crippen LogP contribution < -0.4 is 9.47 Å². The molecule has 0 aliphatic heterocycles. The molecule has 0 aliphatic carbocycles. The van der Waals surface area contributed by atoms with Gasteiger partial charge in [0.1, 0.15) is 34.1 Å². The third-order valence-electron chi connectivity index (χ3n) is 7.50. The van der Waals surface area contributed by atoms with Crippen molar-refractivity contribution in [1.82, 2.24) is 0 Å². The molecule has 0 aliphatic rings. The van der Waals surface area contributed by atoms with E-state index in [2.05, 4.69) is 63.7 Å². The monoisotopic (exact) mass is 546 g/mol. The molecule has 0 spiro atoms. The number of ether oxygens (including phenoxy) is 2. The number of benzene rings is 4. The van der Waals surface area contributed by atoms with Crippen molar-refractivity contribution in [3.05, 3.63) is 137 Å². The summed E-state index contributed by atoms with van der Waals surface area (Å²) in [6, 6.07) is 24.3. The zero-order valence-electron chi connectivity index (χ0n) is 24.8. The molecule has 6 heteroatoms. The summed E-state index contributed by atoms with van der Waals surface area (Å²) in [5.41, 5.74) is 9.30. The largest absolute Gasteiger partial charge is 0.498 e. The van der Waals surface area contributed by atoms with Gasteiger partial charge in [0.2, 0.25) is 0 Å². The van der Waals surface area contributed by atoms with Gasteiger partial charge in [-0.05, 0) is 122 Å². The zero-order chi connectivity index (χ0) is 29.9. The molecule has 0 saturated carbocycles. The summed E-state index contributed by atoms with van der Waals surface area (Å²) in [5, 5.41) is 27.5. The second kappa shape index (κ2) is 11.7. The summed E-state index contributed by atoms with van der Waals surface area (Å²) in [6.45, 7) is 16.6. The second-order valence-corrected chi connectivity index (χ2v) is 11.0. The van der Waals surface area contributed by atoms with E-state index < -0.39 is 0 Å². The maximum atomic E-state index is 10.9. The zero-order valence-corrected chi connectivity index (χ0v) is 24.8. The fourth-order valence-electron chi connectivity index (χ4n) is 6.15. The van der Waals surface area contributed by atoms with Crippen LogP contribution in [0.25, 0.3) is 10.0 Å². The molecule has 0 amide bonds. The number of aryl methyl sites for hydroxylation is 6. The van der Waals surface area contributed by atoms with Gasteiger partial charge in [-0.25, -0.2) is 0 Å². The average Bonchev–Trinajstić information content (AvgIpc) is 2.87. The molecule has 4 aromatic carbocycles. The van der Waals surface area contributed by atoms with E-state index in [4.69, 9.17) is 9.47 Å². The molecule has 0 heterocycles. The molecule has 0 atom stereocenters. The molecular formula is C35H34N2O4. The summed E-state index contributed by atoms with van der Waals surface area (Å²) in [7, 11) is 0. The highest BCUT2D eigenvalue weighted by Crippen LogP contribution is 2.42. The van der Waals surface area contributed by atoms with E-state index in [0.29, 0.717) is 34.1 Å². The molecule has 208 valence electrons. The molecular weight excluding hydrogens is 512 g/mol. The molecule has 0 saturated heterocycles. The predicted octanol–water partition coefficient (Wildman–Crippen LogP) is 9.81. The quantitative estimate of drug-likeness (QED) is 0.226. The van der Waals surface area contributed by atoms with Crippen molar-refractivity contribution in [2.24, 2.45) is 0 Å². The lowest BCUT2D eigenvalue weighted by atomic mass is 9.71. The normalized spacial score (nSPS) is 10.7. The van der Waals surface area contributed by atoms with Gasteiger partial charge in [-0.1, -0.05) is 38.1 Å². The summed E-state index contributed by atoms with van der Waals surface area (Å²) < 4.78 is 12.4. The SMILES string of the molecule is Cc1cccc(Oc2cc(C)c(C(C)(C)c3c(C)cc(Oc4cccc(C)c4C#[N+][O-])cc3C)c(C)c2)c1C#[N+][O-]. The maximum absolute atomic E-state index is 10.9. The van der Waals surface area contributed by atoms with Gasteiger partial charge in [0.05, 0.1) is 0 Å². The first kappa shape index (κ1) is 29.1. The molecule has 0 N–H and O–H groups in total. The lowest BCUT2D eigenvalue weighted by Crippen LogP contribution is -2.24. The Balaban J connectivity index is 1.71. The van der Waals surface area contributed by atoms with E-state index in [1.165, 1.54) is 11.1 Å². The van der Waals surface area contributed by atoms with Crippen molar-refractivity contribution in [2.45, 2.75) is 60.8 Å². The Morgan fingerprint density at radius 1 is 0.561 bits per heavy atom. The van der Waals surface area contributed by atoms with Gasteiger partial charge >= 0.3 is 12.1 Å². The molecule has 4 rings (SSSR count). The first-order chi connectivity index (χ1) is 19.5. The van der Waals surface area contributed by atoms with Crippen LogP contribution in [0.3, 0.4) is 0 Å². The van der Waals surface area contributed by atoms with Gasteiger partial charge in [-0.3, -0.25) is 0 Å². The Labute approximate surface area is 242 Å². The maximum Gasteiger partial charge on any atom is 0.340 e. The van der Waals surface area contributed by atoms with Crippen LogP contribution in [-0.2, 0) is 5.41 Å². The van der Waals surface area contributed by atoms with Crippen molar-refractivity contribution >= 4 is 0 Å². The van der Waals surface area contributed by atoms with E-state index in [-0.39, 0.29) is 5.41 Å². The van der Waals surface area contributed by atoms with Crippen LogP contribution in [0.5, 0.6) is 23.0 Å². The van der Waals surface area contributed by atoms with Crippen LogP contribution in [0.1, 0.15) is 69.5 Å². The van der Waals surface area contributed by atoms with Crippen molar-refractivity contribution in [3.8, 4) is 35.1 Å². The van der Waals surface area contributed by atoms with E-state index >= 15 is 0 Å². The second-order valence-electron chi connectivity index (χ2n) is 11.0. The van der Waals surface area contributed by atoms with E-state index in [9.17, 15) is 10.4 Å².